The molecule has 29 heavy (non-hydrogen) atoms. The summed E-state index contributed by atoms with van der Waals surface area (Å²) >= 11 is 5.25. The van der Waals surface area contributed by atoms with Gasteiger partial charge in [-0.05, 0) is 55.6 Å². The number of nitrogens with zero attached hydrogens (tertiary/aromatic N) is 2. The van der Waals surface area contributed by atoms with Crippen LogP contribution in [0.3, 0.4) is 0 Å². The lowest BCUT2D eigenvalue weighted by Crippen LogP contribution is -2.24. The van der Waals surface area contributed by atoms with E-state index in [-0.39, 0.29) is 11.5 Å². The van der Waals surface area contributed by atoms with Crippen LogP contribution in [-0.4, -0.2) is 34.5 Å². The average Bonchev–Trinajstić information content (AvgIpc) is 2.69. The number of rotatable bonds is 7. The van der Waals surface area contributed by atoms with Crippen molar-refractivity contribution in [1.29, 1.82) is 0 Å². The molecular formula is C22H24N4O2S. The lowest BCUT2D eigenvalue weighted by molar-refractivity contribution is 0.0951. The van der Waals surface area contributed by atoms with Gasteiger partial charge in [0.15, 0.2) is 4.77 Å². The molecule has 0 aliphatic heterocycles. The number of amides is 1. The van der Waals surface area contributed by atoms with E-state index in [4.69, 9.17) is 12.2 Å². The third-order valence-corrected chi connectivity index (χ3v) is 4.85. The number of aromatic nitrogens is 2. The van der Waals surface area contributed by atoms with E-state index in [1.165, 1.54) is 10.1 Å². The molecule has 0 unspecified atom stereocenters. The molecule has 0 fully saturated rings. The van der Waals surface area contributed by atoms with Gasteiger partial charge in [0.25, 0.3) is 11.5 Å². The van der Waals surface area contributed by atoms with Crippen LogP contribution in [0.4, 0.5) is 0 Å². The van der Waals surface area contributed by atoms with E-state index >= 15 is 0 Å². The Hall–Kier alpha value is -3.03. The van der Waals surface area contributed by atoms with Crippen LogP contribution in [0.1, 0.15) is 21.5 Å². The number of nitrogens with one attached hydrogen (secondary N) is 2. The first-order valence-electron chi connectivity index (χ1n) is 9.27. The number of carbonyl (C=O) groups excluding carboxylic acids is 1. The highest BCUT2D eigenvalue weighted by atomic mass is 32.1. The fourth-order valence-electron chi connectivity index (χ4n) is 3.10. The van der Waals surface area contributed by atoms with Crippen LogP contribution in [0, 0.1) is 4.77 Å². The van der Waals surface area contributed by atoms with Gasteiger partial charge in [-0.3, -0.25) is 14.2 Å². The van der Waals surface area contributed by atoms with Crippen molar-refractivity contribution in [3.8, 4) is 0 Å². The quantitative estimate of drug-likeness (QED) is 0.465. The number of allylic oxidation sites excluding steroid dienone is 1. The first kappa shape index (κ1) is 20.7. The van der Waals surface area contributed by atoms with Crippen LogP contribution in [0.15, 0.2) is 59.9 Å². The van der Waals surface area contributed by atoms with Gasteiger partial charge in [0, 0.05) is 25.2 Å². The maximum Gasteiger partial charge on any atom is 0.262 e. The summed E-state index contributed by atoms with van der Waals surface area (Å²) in [5.41, 5.74) is 3.05. The molecule has 7 heteroatoms. The van der Waals surface area contributed by atoms with Gasteiger partial charge in [-0.1, -0.05) is 30.3 Å². The molecule has 6 nitrogen and oxygen atoms in total. The Morgan fingerprint density at radius 3 is 2.55 bits per heavy atom. The number of fused-ring (bicyclic) bond motifs is 1. The predicted octanol–water partition coefficient (Wildman–Crippen LogP) is 3.24. The summed E-state index contributed by atoms with van der Waals surface area (Å²) in [6.45, 7) is 5.28. The lowest BCUT2D eigenvalue weighted by atomic mass is 10.1. The minimum absolute atomic E-state index is 0.201. The average molecular weight is 409 g/mol. The Kier molecular flexibility index (Phi) is 6.41. The van der Waals surface area contributed by atoms with Crippen molar-refractivity contribution < 1.29 is 4.79 Å². The summed E-state index contributed by atoms with van der Waals surface area (Å²) < 4.78 is 1.74. The fraction of sp³-hybridized carbons (Fsp3) is 0.227. The van der Waals surface area contributed by atoms with E-state index in [0.29, 0.717) is 34.3 Å². The molecule has 0 saturated carbocycles. The highest BCUT2D eigenvalue weighted by Gasteiger charge is 2.10. The maximum absolute atomic E-state index is 12.6. The molecule has 0 bridgehead atoms. The lowest BCUT2D eigenvalue weighted by Gasteiger charge is -2.11. The van der Waals surface area contributed by atoms with Gasteiger partial charge in [-0.15, -0.1) is 6.58 Å². The Morgan fingerprint density at radius 1 is 1.21 bits per heavy atom. The molecular weight excluding hydrogens is 384 g/mol. The van der Waals surface area contributed by atoms with Gasteiger partial charge in [0.05, 0.1) is 10.9 Å². The van der Waals surface area contributed by atoms with Crippen LogP contribution in [0.5, 0.6) is 0 Å². The molecule has 0 aliphatic rings. The minimum atomic E-state index is -0.209. The van der Waals surface area contributed by atoms with Crippen molar-refractivity contribution in [2.45, 2.75) is 19.6 Å². The van der Waals surface area contributed by atoms with E-state index in [9.17, 15) is 9.59 Å². The molecule has 1 aromatic heterocycles. The van der Waals surface area contributed by atoms with Gasteiger partial charge in [-0.2, -0.15) is 0 Å². The zero-order valence-electron chi connectivity index (χ0n) is 16.6. The monoisotopic (exact) mass is 408 g/mol. The van der Waals surface area contributed by atoms with Crippen molar-refractivity contribution in [3.63, 3.8) is 0 Å². The molecule has 3 aromatic rings. The molecule has 3 rings (SSSR count). The van der Waals surface area contributed by atoms with Gasteiger partial charge < -0.3 is 15.2 Å². The topological polar surface area (TPSA) is 70.1 Å². The Balaban J connectivity index is 1.75. The van der Waals surface area contributed by atoms with E-state index in [0.717, 1.165) is 12.1 Å². The minimum Gasteiger partial charge on any atom is -0.348 e. The number of carbonyl (C=O) groups is 1. The molecule has 1 amide bonds. The number of hydrogen-bond acceptors (Lipinski definition) is 4. The second-order valence-corrected chi connectivity index (χ2v) is 7.52. The molecule has 2 aromatic carbocycles. The largest absolute Gasteiger partial charge is 0.348 e. The van der Waals surface area contributed by atoms with Crippen molar-refractivity contribution in [2.24, 2.45) is 0 Å². The normalized spacial score (nSPS) is 11.0. The van der Waals surface area contributed by atoms with Crippen LogP contribution < -0.4 is 10.9 Å². The van der Waals surface area contributed by atoms with E-state index in [2.05, 4.69) is 33.9 Å². The Labute approximate surface area is 174 Å². The third-order valence-electron chi connectivity index (χ3n) is 4.53. The number of aromatic amines is 1. The first-order chi connectivity index (χ1) is 13.9. The highest BCUT2D eigenvalue weighted by molar-refractivity contribution is 7.71. The van der Waals surface area contributed by atoms with Crippen molar-refractivity contribution in [3.05, 3.63) is 86.9 Å². The second kappa shape index (κ2) is 8.98. The Bertz CT molecular complexity index is 1160. The predicted molar refractivity (Wildman–Crippen MR) is 119 cm³/mol. The van der Waals surface area contributed by atoms with Gasteiger partial charge in [-0.25, -0.2) is 0 Å². The summed E-state index contributed by atoms with van der Waals surface area (Å²) in [6, 6.07) is 13.1. The number of benzene rings is 2. The van der Waals surface area contributed by atoms with Gasteiger partial charge in [0.2, 0.25) is 0 Å². The van der Waals surface area contributed by atoms with Gasteiger partial charge >= 0.3 is 0 Å². The molecule has 0 saturated heterocycles. The summed E-state index contributed by atoms with van der Waals surface area (Å²) in [5.74, 6) is -0.209. The first-order valence-corrected chi connectivity index (χ1v) is 9.68. The van der Waals surface area contributed by atoms with Crippen LogP contribution >= 0.6 is 12.2 Å². The van der Waals surface area contributed by atoms with Crippen LogP contribution in [-0.2, 0) is 19.6 Å². The smallest absolute Gasteiger partial charge is 0.262 e. The Morgan fingerprint density at radius 2 is 1.90 bits per heavy atom. The zero-order valence-corrected chi connectivity index (χ0v) is 17.4. The summed E-state index contributed by atoms with van der Waals surface area (Å²) in [5, 5.41) is 3.40. The van der Waals surface area contributed by atoms with Crippen LogP contribution in [0.2, 0.25) is 0 Å². The van der Waals surface area contributed by atoms with Crippen molar-refractivity contribution >= 4 is 29.0 Å². The molecule has 2 N–H and O–H groups in total. The van der Waals surface area contributed by atoms with Crippen molar-refractivity contribution in [2.75, 3.05) is 14.1 Å². The number of H-pyrrole nitrogens is 1. The third kappa shape index (κ3) is 4.88. The maximum atomic E-state index is 12.6. The molecule has 150 valence electrons. The standard InChI is InChI=1S/C22H24N4O2S/c1-4-11-26-21(28)18-10-9-17(12-19(18)24-22(26)29)20(27)23-13-15-5-7-16(8-6-15)14-25(2)3/h4-10,12H,1,11,13-14H2,2-3H3,(H,23,27)(H,24,29). The molecule has 0 atom stereocenters. The summed E-state index contributed by atoms with van der Waals surface area (Å²) in [7, 11) is 4.05. The molecule has 0 radical (unpaired) electrons. The fourth-order valence-corrected chi connectivity index (χ4v) is 3.37. The molecule has 0 aliphatic carbocycles. The molecule has 1 heterocycles. The van der Waals surface area contributed by atoms with E-state index in [1.807, 2.05) is 26.2 Å². The zero-order chi connectivity index (χ0) is 21.0. The van der Waals surface area contributed by atoms with E-state index < -0.39 is 0 Å². The molecule has 0 spiro atoms. The summed E-state index contributed by atoms with van der Waals surface area (Å²) in [6.07, 6.45) is 1.62. The van der Waals surface area contributed by atoms with Crippen LogP contribution in [0.25, 0.3) is 10.9 Å². The van der Waals surface area contributed by atoms with E-state index in [1.54, 1.807) is 24.3 Å². The van der Waals surface area contributed by atoms with Gasteiger partial charge in [0.1, 0.15) is 0 Å². The number of hydrogen-bond donors (Lipinski definition) is 2. The van der Waals surface area contributed by atoms with Crippen molar-refractivity contribution in [1.82, 2.24) is 19.8 Å². The highest BCUT2D eigenvalue weighted by Crippen LogP contribution is 2.12. The SMILES string of the molecule is C=CCn1c(=S)[nH]c2cc(C(=O)NCc3ccc(CN(C)C)cc3)ccc2c1=O. The second-order valence-electron chi connectivity index (χ2n) is 7.13. The summed E-state index contributed by atoms with van der Waals surface area (Å²) in [4.78, 5) is 30.2.